The lowest BCUT2D eigenvalue weighted by Crippen LogP contribution is -2.41. The molecule has 7 nitrogen and oxygen atoms in total. The third kappa shape index (κ3) is 5.84. The zero-order valence-electron chi connectivity index (χ0n) is 9.36. The van der Waals surface area contributed by atoms with Crippen molar-refractivity contribution in [3.05, 3.63) is 0 Å². The molecule has 0 aromatic heterocycles. The lowest BCUT2D eigenvalue weighted by Gasteiger charge is -2.19. The fourth-order valence-corrected chi connectivity index (χ4v) is 1.02. The lowest BCUT2D eigenvalue weighted by atomic mass is 10.3. The van der Waals surface area contributed by atoms with E-state index >= 15 is 0 Å². The van der Waals surface area contributed by atoms with Gasteiger partial charge in [0.2, 0.25) is 5.91 Å². The van der Waals surface area contributed by atoms with E-state index in [1.165, 1.54) is 12.0 Å². The molecule has 7 heteroatoms. The predicted molar refractivity (Wildman–Crippen MR) is 54.9 cm³/mol. The Hall–Kier alpha value is -1.79. The van der Waals surface area contributed by atoms with Crippen molar-refractivity contribution in [1.29, 1.82) is 0 Å². The highest BCUT2D eigenvalue weighted by atomic mass is 16.5. The molecule has 2 amide bonds. The van der Waals surface area contributed by atoms with Gasteiger partial charge in [-0.3, -0.25) is 9.59 Å². The summed E-state index contributed by atoms with van der Waals surface area (Å²) in [5, 5.41) is 10.7. The maximum atomic E-state index is 11.5. The summed E-state index contributed by atoms with van der Waals surface area (Å²) in [6, 6.07) is 0. The minimum absolute atomic E-state index is 0.113. The molecule has 0 spiro atoms. The van der Waals surface area contributed by atoms with Gasteiger partial charge in [0, 0.05) is 13.1 Å². The first-order valence-corrected chi connectivity index (χ1v) is 4.82. The van der Waals surface area contributed by atoms with Crippen molar-refractivity contribution in [2.75, 3.05) is 26.7 Å². The van der Waals surface area contributed by atoms with E-state index < -0.39 is 12.1 Å². The molecule has 0 aliphatic rings. The van der Waals surface area contributed by atoms with Crippen LogP contribution in [0.4, 0.5) is 4.79 Å². The molecule has 92 valence electrons. The van der Waals surface area contributed by atoms with Gasteiger partial charge in [0.05, 0.1) is 13.5 Å². The number of rotatable bonds is 6. The van der Waals surface area contributed by atoms with E-state index in [0.717, 1.165) is 0 Å². The maximum Gasteiger partial charge on any atom is 0.407 e. The normalized spacial score (nSPS) is 9.38. The summed E-state index contributed by atoms with van der Waals surface area (Å²) in [6.45, 7) is 2.07. The first-order chi connectivity index (χ1) is 7.51. The van der Waals surface area contributed by atoms with Crippen molar-refractivity contribution in [2.24, 2.45) is 0 Å². The van der Waals surface area contributed by atoms with Gasteiger partial charge in [-0.2, -0.15) is 0 Å². The molecule has 0 aromatic rings. The van der Waals surface area contributed by atoms with E-state index in [4.69, 9.17) is 5.11 Å². The molecule has 0 radical (unpaired) electrons. The second-order valence-electron chi connectivity index (χ2n) is 2.96. The number of carboxylic acid groups (broad SMARTS) is 1. The molecular weight excluding hydrogens is 216 g/mol. The topological polar surface area (TPSA) is 95.9 Å². The van der Waals surface area contributed by atoms with E-state index in [1.807, 2.05) is 0 Å². The monoisotopic (exact) mass is 232 g/mol. The zero-order valence-corrected chi connectivity index (χ0v) is 9.36. The zero-order chi connectivity index (χ0) is 12.6. The van der Waals surface area contributed by atoms with Crippen molar-refractivity contribution in [2.45, 2.75) is 13.3 Å². The van der Waals surface area contributed by atoms with Crippen LogP contribution in [0, 0.1) is 0 Å². The van der Waals surface area contributed by atoms with Crippen molar-refractivity contribution in [3.63, 3.8) is 0 Å². The van der Waals surface area contributed by atoms with Crippen molar-refractivity contribution in [1.82, 2.24) is 10.2 Å². The van der Waals surface area contributed by atoms with E-state index in [-0.39, 0.29) is 25.4 Å². The van der Waals surface area contributed by atoms with Gasteiger partial charge < -0.3 is 20.1 Å². The van der Waals surface area contributed by atoms with Crippen LogP contribution in [0.5, 0.6) is 0 Å². The van der Waals surface area contributed by atoms with Gasteiger partial charge in [-0.05, 0) is 6.92 Å². The molecule has 0 aliphatic heterocycles. The average molecular weight is 232 g/mol. The minimum atomic E-state index is -0.966. The fraction of sp³-hybridized carbons (Fsp3) is 0.667. The quantitative estimate of drug-likeness (QED) is 0.653. The summed E-state index contributed by atoms with van der Waals surface area (Å²) in [5.74, 6) is -1.30. The minimum Gasteiger partial charge on any atom is -0.481 e. The molecule has 0 rings (SSSR count). The third-order valence-corrected chi connectivity index (χ3v) is 1.90. The number of alkyl carbamates (subject to hydrolysis) is 1. The van der Waals surface area contributed by atoms with Crippen LogP contribution in [0.2, 0.25) is 0 Å². The van der Waals surface area contributed by atoms with Crippen LogP contribution in [0.15, 0.2) is 0 Å². The molecule has 0 aliphatic carbocycles. The Labute approximate surface area is 93.4 Å². The molecule has 0 heterocycles. The molecule has 0 unspecified atom stereocenters. The molecule has 16 heavy (non-hydrogen) atoms. The number of carbonyl (C=O) groups excluding carboxylic acids is 2. The van der Waals surface area contributed by atoms with Crippen molar-refractivity contribution in [3.8, 4) is 0 Å². The van der Waals surface area contributed by atoms with E-state index in [2.05, 4.69) is 10.1 Å². The SMILES string of the molecule is CCN(CCC(=O)O)C(=O)CNC(=O)OC. The van der Waals surface area contributed by atoms with Crippen molar-refractivity contribution >= 4 is 18.0 Å². The van der Waals surface area contributed by atoms with Gasteiger partial charge in [-0.25, -0.2) is 4.79 Å². The molecule has 0 aromatic carbocycles. The molecule has 0 saturated heterocycles. The second-order valence-corrected chi connectivity index (χ2v) is 2.96. The van der Waals surface area contributed by atoms with Crippen LogP contribution in [0.25, 0.3) is 0 Å². The Morgan fingerprint density at radius 3 is 2.44 bits per heavy atom. The highest BCUT2D eigenvalue weighted by Gasteiger charge is 2.13. The van der Waals surface area contributed by atoms with Crippen LogP contribution < -0.4 is 5.32 Å². The van der Waals surface area contributed by atoms with Crippen LogP contribution in [0.1, 0.15) is 13.3 Å². The summed E-state index contributed by atoms with van der Waals surface area (Å²) in [5.41, 5.74) is 0. The van der Waals surface area contributed by atoms with Crippen molar-refractivity contribution < 1.29 is 24.2 Å². The van der Waals surface area contributed by atoms with Gasteiger partial charge in [-0.1, -0.05) is 0 Å². The molecule has 0 fully saturated rings. The summed E-state index contributed by atoms with van der Waals surface area (Å²) >= 11 is 0. The van der Waals surface area contributed by atoms with Gasteiger partial charge in [-0.15, -0.1) is 0 Å². The number of ether oxygens (including phenoxy) is 1. The molecule has 0 saturated carbocycles. The number of carboxylic acids is 1. The number of likely N-dealkylation sites (N-methyl/N-ethyl adjacent to an activating group) is 1. The number of carbonyl (C=O) groups is 3. The summed E-state index contributed by atoms with van der Waals surface area (Å²) in [6.07, 6.45) is -0.805. The Kier molecular flexibility index (Phi) is 6.66. The largest absolute Gasteiger partial charge is 0.481 e. The molecule has 0 bridgehead atoms. The van der Waals surface area contributed by atoms with Crippen LogP contribution in [-0.2, 0) is 14.3 Å². The predicted octanol–water partition coefficient (Wildman–Crippen LogP) is -0.334. The Bertz CT molecular complexity index is 267. The average Bonchev–Trinajstić information content (AvgIpc) is 2.26. The van der Waals surface area contributed by atoms with Crippen LogP contribution >= 0.6 is 0 Å². The number of methoxy groups -OCH3 is 1. The highest BCUT2D eigenvalue weighted by molar-refractivity contribution is 5.82. The number of hydrogen-bond acceptors (Lipinski definition) is 4. The molecule has 0 atom stereocenters. The number of hydrogen-bond donors (Lipinski definition) is 2. The Morgan fingerprint density at radius 2 is 2.00 bits per heavy atom. The standard InChI is InChI=1S/C9H16N2O5/c1-3-11(5-4-8(13)14)7(12)6-10-9(15)16-2/h3-6H2,1-2H3,(H,10,15)(H,13,14). The highest BCUT2D eigenvalue weighted by Crippen LogP contribution is 1.92. The Balaban J connectivity index is 4.00. The number of nitrogens with one attached hydrogen (secondary N) is 1. The van der Waals surface area contributed by atoms with Gasteiger partial charge in [0.1, 0.15) is 6.54 Å². The second kappa shape index (κ2) is 7.49. The van der Waals surface area contributed by atoms with E-state index in [1.54, 1.807) is 6.92 Å². The van der Waals surface area contributed by atoms with E-state index in [9.17, 15) is 14.4 Å². The summed E-state index contributed by atoms with van der Waals surface area (Å²) in [7, 11) is 1.20. The first-order valence-electron chi connectivity index (χ1n) is 4.82. The van der Waals surface area contributed by atoms with Gasteiger partial charge in [0.15, 0.2) is 0 Å². The summed E-state index contributed by atoms with van der Waals surface area (Å²) in [4.78, 5) is 33.8. The lowest BCUT2D eigenvalue weighted by molar-refractivity contribution is -0.138. The van der Waals surface area contributed by atoms with Gasteiger partial charge >= 0.3 is 12.1 Å². The first kappa shape index (κ1) is 14.2. The third-order valence-electron chi connectivity index (χ3n) is 1.90. The molecular formula is C9H16N2O5. The maximum absolute atomic E-state index is 11.5. The number of nitrogens with zero attached hydrogens (tertiary/aromatic N) is 1. The molecule has 2 N–H and O–H groups in total. The number of amides is 2. The summed E-state index contributed by atoms with van der Waals surface area (Å²) < 4.78 is 4.30. The van der Waals surface area contributed by atoms with Crippen LogP contribution in [-0.4, -0.2) is 54.7 Å². The van der Waals surface area contributed by atoms with Gasteiger partial charge in [0.25, 0.3) is 0 Å². The van der Waals surface area contributed by atoms with Crippen LogP contribution in [0.3, 0.4) is 0 Å². The smallest absolute Gasteiger partial charge is 0.407 e. The Morgan fingerprint density at radius 1 is 1.38 bits per heavy atom. The van der Waals surface area contributed by atoms with E-state index in [0.29, 0.717) is 6.54 Å². The number of aliphatic carboxylic acids is 1. The fourth-order valence-electron chi connectivity index (χ4n) is 1.02.